The third-order valence-corrected chi connectivity index (χ3v) is 5.74. The number of carbonyl (C=O) groups excluding carboxylic acids is 1. The zero-order valence-corrected chi connectivity index (χ0v) is 14.0. The molecule has 0 radical (unpaired) electrons. The quantitative estimate of drug-likeness (QED) is 0.801. The molecule has 1 heterocycles. The van der Waals surface area contributed by atoms with Gasteiger partial charge in [-0.15, -0.1) is 0 Å². The van der Waals surface area contributed by atoms with Gasteiger partial charge in [0.25, 0.3) is 0 Å². The fourth-order valence-electron chi connectivity index (χ4n) is 2.34. The Hall–Kier alpha value is -1.27. The summed E-state index contributed by atoms with van der Waals surface area (Å²) in [5.41, 5.74) is 0.944. The lowest BCUT2D eigenvalue weighted by atomic mass is 10.2. The van der Waals surface area contributed by atoms with Gasteiger partial charge < -0.3 is 10.1 Å². The van der Waals surface area contributed by atoms with Crippen molar-refractivity contribution in [3.63, 3.8) is 0 Å². The number of hydrogen-bond donors (Lipinski definition) is 1. The highest BCUT2D eigenvalue weighted by molar-refractivity contribution is 7.91. The first-order chi connectivity index (χ1) is 10.4. The number of aryl methyl sites for hydroxylation is 1. The Morgan fingerprint density at radius 1 is 1.45 bits per heavy atom. The predicted molar refractivity (Wildman–Crippen MR) is 86.1 cm³/mol. The Balaban J connectivity index is 1.66. The summed E-state index contributed by atoms with van der Waals surface area (Å²) in [6.07, 6.45) is 1.41. The number of halogens is 1. The maximum Gasteiger partial charge on any atom is 0.220 e. The average Bonchev–Trinajstić information content (AvgIpc) is 2.78. The predicted octanol–water partition coefficient (Wildman–Crippen LogP) is 2.11. The van der Waals surface area contributed by atoms with Crippen LogP contribution in [0.25, 0.3) is 0 Å². The van der Waals surface area contributed by atoms with Crippen LogP contribution in [-0.4, -0.2) is 38.5 Å². The second-order valence-corrected chi connectivity index (χ2v) is 8.17. The molecule has 2 rings (SSSR count). The number of amides is 1. The summed E-state index contributed by atoms with van der Waals surface area (Å²) in [6, 6.07) is 5.18. The van der Waals surface area contributed by atoms with Crippen LogP contribution in [0.5, 0.6) is 5.75 Å². The van der Waals surface area contributed by atoms with Crippen LogP contribution in [0.15, 0.2) is 18.2 Å². The number of ether oxygens (including phenoxy) is 1. The topological polar surface area (TPSA) is 72.5 Å². The van der Waals surface area contributed by atoms with E-state index >= 15 is 0 Å². The van der Waals surface area contributed by atoms with E-state index in [0.717, 1.165) is 11.3 Å². The van der Waals surface area contributed by atoms with Crippen molar-refractivity contribution in [1.82, 2.24) is 5.32 Å². The summed E-state index contributed by atoms with van der Waals surface area (Å²) in [4.78, 5) is 11.7. The average molecular weight is 346 g/mol. The van der Waals surface area contributed by atoms with Gasteiger partial charge in [0.1, 0.15) is 5.75 Å². The van der Waals surface area contributed by atoms with Gasteiger partial charge in [-0.2, -0.15) is 0 Å². The monoisotopic (exact) mass is 345 g/mol. The van der Waals surface area contributed by atoms with Gasteiger partial charge >= 0.3 is 0 Å². The molecule has 0 aliphatic carbocycles. The lowest BCUT2D eigenvalue weighted by Gasteiger charge is -2.11. The van der Waals surface area contributed by atoms with Gasteiger partial charge in [-0.25, -0.2) is 8.42 Å². The number of nitrogens with one attached hydrogen (secondary N) is 1. The highest BCUT2D eigenvalue weighted by Crippen LogP contribution is 2.21. The summed E-state index contributed by atoms with van der Waals surface area (Å²) in [5.74, 6) is 0.818. The summed E-state index contributed by atoms with van der Waals surface area (Å²) in [5, 5.41) is 3.45. The molecule has 1 aromatic carbocycles. The SMILES string of the molecule is Cc1cc(OCCCC(=O)N[C@H]2CCS(=O)(=O)C2)ccc1Cl. The maximum absolute atomic E-state index is 11.7. The Bertz CT molecular complexity index is 645. The fraction of sp³-hybridized carbons (Fsp3) is 0.533. The van der Waals surface area contributed by atoms with Gasteiger partial charge in [0, 0.05) is 17.5 Å². The van der Waals surface area contributed by atoms with Gasteiger partial charge in [-0.05, 0) is 43.5 Å². The summed E-state index contributed by atoms with van der Waals surface area (Å²) in [6.45, 7) is 2.33. The van der Waals surface area contributed by atoms with Gasteiger partial charge in [-0.3, -0.25) is 4.79 Å². The van der Waals surface area contributed by atoms with Crippen molar-refractivity contribution in [3.8, 4) is 5.75 Å². The Morgan fingerprint density at radius 2 is 2.23 bits per heavy atom. The zero-order valence-electron chi connectivity index (χ0n) is 12.5. The van der Waals surface area contributed by atoms with Crippen molar-refractivity contribution in [2.75, 3.05) is 18.1 Å². The second-order valence-electron chi connectivity index (χ2n) is 5.53. The summed E-state index contributed by atoms with van der Waals surface area (Å²) in [7, 11) is -2.96. The van der Waals surface area contributed by atoms with Gasteiger partial charge in [0.15, 0.2) is 9.84 Å². The van der Waals surface area contributed by atoms with Gasteiger partial charge in [0.05, 0.1) is 18.1 Å². The second kappa shape index (κ2) is 7.33. The highest BCUT2D eigenvalue weighted by Gasteiger charge is 2.28. The standard InChI is InChI=1S/C15H20ClNO4S/c1-11-9-13(4-5-14(11)16)21-7-2-3-15(18)17-12-6-8-22(19,20)10-12/h4-5,9,12H,2-3,6-8,10H2,1H3,(H,17,18)/t12-/m0/s1. The number of benzene rings is 1. The fourth-order valence-corrected chi connectivity index (χ4v) is 4.13. The normalized spacial score (nSPS) is 19.8. The van der Waals surface area contributed by atoms with Crippen LogP contribution in [0.1, 0.15) is 24.8 Å². The molecule has 1 aliphatic heterocycles. The molecule has 0 bridgehead atoms. The van der Waals surface area contributed by atoms with Crippen molar-refractivity contribution in [3.05, 3.63) is 28.8 Å². The summed E-state index contributed by atoms with van der Waals surface area (Å²) < 4.78 is 28.2. The van der Waals surface area contributed by atoms with Crippen LogP contribution in [0.2, 0.25) is 5.02 Å². The number of sulfone groups is 1. The van der Waals surface area contributed by atoms with Gasteiger partial charge in [-0.1, -0.05) is 11.6 Å². The molecule has 1 atom stereocenters. The zero-order chi connectivity index (χ0) is 16.2. The lowest BCUT2D eigenvalue weighted by molar-refractivity contribution is -0.121. The maximum atomic E-state index is 11.7. The Morgan fingerprint density at radius 3 is 2.86 bits per heavy atom. The van der Waals surface area contributed by atoms with Crippen LogP contribution in [0.3, 0.4) is 0 Å². The molecule has 5 nitrogen and oxygen atoms in total. The van der Waals surface area contributed by atoms with Crippen LogP contribution < -0.4 is 10.1 Å². The third-order valence-electron chi connectivity index (χ3n) is 3.54. The molecule has 1 fully saturated rings. The molecule has 7 heteroatoms. The van der Waals surface area contributed by atoms with E-state index in [1.807, 2.05) is 13.0 Å². The minimum Gasteiger partial charge on any atom is -0.494 e. The molecule has 22 heavy (non-hydrogen) atoms. The molecule has 122 valence electrons. The number of rotatable bonds is 6. The number of carbonyl (C=O) groups is 1. The molecule has 1 amide bonds. The van der Waals surface area contributed by atoms with Crippen molar-refractivity contribution in [1.29, 1.82) is 0 Å². The van der Waals surface area contributed by atoms with Crippen LogP contribution >= 0.6 is 11.6 Å². The van der Waals surface area contributed by atoms with Crippen molar-refractivity contribution in [2.24, 2.45) is 0 Å². The number of hydrogen-bond acceptors (Lipinski definition) is 4. The van der Waals surface area contributed by atoms with Crippen LogP contribution in [-0.2, 0) is 14.6 Å². The molecule has 1 saturated heterocycles. The van der Waals surface area contributed by atoms with E-state index in [1.54, 1.807) is 12.1 Å². The summed E-state index contributed by atoms with van der Waals surface area (Å²) >= 11 is 5.93. The highest BCUT2D eigenvalue weighted by atomic mass is 35.5. The van der Waals surface area contributed by atoms with E-state index < -0.39 is 9.84 Å². The first-order valence-corrected chi connectivity index (χ1v) is 9.44. The van der Waals surface area contributed by atoms with E-state index in [0.29, 0.717) is 30.9 Å². The van der Waals surface area contributed by atoms with Crippen molar-refractivity contribution < 1.29 is 17.9 Å². The van der Waals surface area contributed by atoms with Crippen molar-refractivity contribution >= 4 is 27.3 Å². The van der Waals surface area contributed by atoms with E-state index in [1.165, 1.54) is 0 Å². The van der Waals surface area contributed by atoms with E-state index in [2.05, 4.69) is 5.32 Å². The van der Waals surface area contributed by atoms with E-state index in [4.69, 9.17) is 16.3 Å². The third kappa shape index (κ3) is 5.18. The Labute approximate surface area is 135 Å². The molecule has 1 aromatic rings. The molecule has 0 aromatic heterocycles. The molecule has 0 saturated carbocycles. The molecular weight excluding hydrogens is 326 g/mol. The molecular formula is C15H20ClNO4S. The van der Waals surface area contributed by atoms with Crippen LogP contribution in [0, 0.1) is 6.92 Å². The van der Waals surface area contributed by atoms with E-state index in [-0.39, 0.29) is 23.5 Å². The molecule has 0 spiro atoms. The molecule has 1 N–H and O–H groups in total. The minimum atomic E-state index is -2.96. The van der Waals surface area contributed by atoms with Crippen LogP contribution in [0.4, 0.5) is 0 Å². The largest absolute Gasteiger partial charge is 0.494 e. The molecule has 0 unspecified atom stereocenters. The smallest absolute Gasteiger partial charge is 0.220 e. The van der Waals surface area contributed by atoms with Crippen molar-refractivity contribution in [2.45, 2.75) is 32.2 Å². The first-order valence-electron chi connectivity index (χ1n) is 7.24. The lowest BCUT2D eigenvalue weighted by Crippen LogP contribution is -2.35. The minimum absolute atomic E-state index is 0.0549. The van der Waals surface area contributed by atoms with E-state index in [9.17, 15) is 13.2 Å². The molecule has 1 aliphatic rings. The Kier molecular flexibility index (Phi) is 5.69. The van der Waals surface area contributed by atoms with Gasteiger partial charge in [0.2, 0.25) is 5.91 Å². The first kappa shape index (κ1) is 17.1.